The van der Waals surface area contributed by atoms with Crippen molar-refractivity contribution < 1.29 is 4.79 Å². The predicted molar refractivity (Wildman–Crippen MR) is 69.0 cm³/mol. The number of anilines is 1. The van der Waals surface area contributed by atoms with Crippen LogP contribution in [0.5, 0.6) is 0 Å². The van der Waals surface area contributed by atoms with E-state index < -0.39 is 0 Å². The van der Waals surface area contributed by atoms with E-state index in [1.807, 2.05) is 12.1 Å². The largest absolute Gasteiger partial charge is 0.399 e. The minimum atomic E-state index is 0.0684. The number of rotatable bonds is 3. The normalized spacial score (nSPS) is 17.0. The number of piperazine rings is 1. The average Bonchev–Trinajstić information content (AvgIpc) is 2.29. The summed E-state index contributed by atoms with van der Waals surface area (Å²) in [5, 5.41) is 3.32. The fraction of sp³-hybridized carbons (Fsp3) is 0.462. The van der Waals surface area contributed by atoms with E-state index in [4.69, 9.17) is 5.73 Å². The maximum atomic E-state index is 11.4. The van der Waals surface area contributed by atoms with E-state index in [2.05, 4.69) is 10.2 Å². The number of carbonyl (C=O) groups excluding carboxylic acids is 1. The van der Waals surface area contributed by atoms with Crippen molar-refractivity contribution in [2.45, 2.75) is 13.5 Å². The molecule has 1 saturated heterocycles. The molecular weight excluding hydrogens is 214 g/mol. The molecule has 0 atom stereocenters. The average molecular weight is 233 g/mol. The van der Waals surface area contributed by atoms with Gasteiger partial charge in [0.05, 0.1) is 0 Å². The highest BCUT2D eigenvalue weighted by Crippen LogP contribution is 2.15. The van der Waals surface area contributed by atoms with Gasteiger partial charge in [-0.2, -0.15) is 0 Å². The van der Waals surface area contributed by atoms with Crippen LogP contribution < -0.4 is 11.1 Å². The highest BCUT2D eigenvalue weighted by molar-refractivity contribution is 5.95. The van der Waals surface area contributed by atoms with Gasteiger partial charge in [0, 0.05) is 44.0 Å². The van der Waals surface area contributed by atoms with Gasteiger partial charge in [-0.05, 0) is 30.7 Å². The molecule has 0 amide bonds. The van der Waals surface area contributed by atoms with Gasteiger partial charge < -0.3 is 11.1 Å². The van der Waals surface area contributed by atoms with E-state index in [-0.39, 0.29) is 5.78 Å². The Labute approximate surface area is 102 Å². The van der Waals surface area contributed by atoms with Crippen LogP contribution in [0.15, 0.2) is 18.2 Å². The number of nitrogen functional groups attached to an aromatic ring is 1. The van der Waals surface area contributed by atoms with Crippen molar-refractivity contribution >= 4 is 11.5 Å². The van der Waals surface area contributed by atoms with Crippen LogP contribution in [-0.4, -0.2) is 36.9 Å². The summed E-state index contributed by atoms with van der Waals surface area (Å²) in [7, 11) is 0. The van der Waals surface area contributed by atoms with E-state index in [1.165, 1.54) is 0 Å². The number of nitrogens with one attached hydrogen (secondary N) is 1. The summed E-state index contributed by atoms with van der Waals surface area (Å²) in [6.45, 7) is 6.59. The number of carbonyl (C=O) groups is 1. The quantitative estimate of drug-likeness (QED) is 0.601. The molecule has 0 unspecified atom stereocenters. The zero-order chi connectivity index (χ0) is 12.3. The summed E-state index contributed by atoms with van der Waals surface area (Å²) >= 11 is 0. The van der Waals surface area contributed by atoms with Crippen molar-refractivity contribution in [1.82, 2.24) is 10.2 Å². The lowest BCUT2D eigenvalue weighted by Crippen LogP contribution is -2.42. The lowest BCUT2D eigenvalue weighted by molar-refractivity contribution is 0.101. The molecule has 0 bridgehead atoms. The van der Waals surface area contributed by atoms with E-state index in [0.29, 0.717) is 11.3 Å². The second kappa shape index (κ2) is 5.29. The molecule has 0 saturated carbocycles. The molecule has 1 aromatic carbocycles. The third kappa shape index (κ3) is 3.28. The second-order valence-corrected chi connectivity index (χ2v) is 4.55. The van der Waals surface area contributed by atoms with Gasteiger partial charge in [0.15, 0.2) is 5.78 Å². The molecule has 1 aromatic rings. The molecule has 4 heteroatoms. The number of Topliss-reactive ketones (excluding diaryl/α,β-unsaturated/α-hetero) is 1. The zero-order valence-electron chi connectivity index (χ0n) is 10.2. The van der Waals surface area contributed by atoms with E-state index in [9.17, 15) is 4.79 Å². The van der Waals surface area contributed by atoms with Gasteiger partial charge >= 0.3 is 0 Å². The predicted octanol–water partition coefficient (Wildman–Crippen LogP) is 0.877. The molecule has 1 heterocycles. The molecule has 4 nitrogen and oxygen atoms in total. The van der Waals surface area contributed by atoms with Crippen LogP contribution in [0.4, 0.5) is 5.69 Å². The molecule has 0 spiro atoms. The van der Waals surface area contributed by atoms with Crippen LogP contribution >= 0.6 is 0 Å². The summed E-state index contributed by atoms with van der Waals surface area (Å²) in [6.07, 6.45) is 0. The summed E-state index contributed by atoms with van der Waals surface area (Å²) < 4.78 is 0. The lowest BCUT2D eigenvalue weighted by atomic mass is 10.1. The number of hydrogen-bond donors (Lipinski definition) is 2. The number of nitrogens with two attached hydrogens (primary N) is 1. The van der Waals surface area contributed by atoms with Gasteiger partial charge in [0.25, 0.3) is 0 Å². The van der Waals surface area contributed by atoms with Crippen LogP contribution in [0.3, 0.4) is 0 Å². The zero-order valence-corrected chi connectivity index (χ0v) is 10.2. The Bertz CT molecular complexity index is 411. The third-order valence-corrected chi connectivity index (χ3v) is 3.04. The molecule has 3 N–H and O–H groups in total. The van der Waals surface area contributed by atoms with Crippen molar-refractivity contribution in [1.29, 1.82) is 0 Å². The SMILES string of the molecule is CC(=O)c1cc(N)cc(CN2CCNCC2)c1. The number of nitrogens with zero attached hydrogens (tertiary/aromatic N) is 1. The molecule has 1 aliphatic heterocycles. The molecule has 92 valence electrons. The van der Waals surface area contributed by atoms with Crippen LogP contribution in [0.25, 0.3) is 0 Å². The van der Waals surface area contributed by atoms with Crippen LogP contribution in [0.1, 0.15) is 22.8 Å². The summed E-state index contributed by atoms with van der Waals surface area (Å²) in [5.41, 5.74) is 8.31. The first-order valence-electron chi connectivity index (χ1n) is 5.98. The maximum Gasteiger partial charge on any atom is 0.159 e. The van der Waals surface area contributed by atoms with Gasteiger partial charge in [-0.1, -0.05) is 0 Å². The van der Waals surface area contributed by atoms with Crippen molar-refractivity contribution in [2.75, 3.05) is 31.9 Å². The number of hydrogen-bond acceptors (Lipinski definition) is 4. The molecule has 2 rings (SSSR count). The van der Waals surface area contributed by atoms with E-state index >= 15 is 0 Å². The maximum absolute atomic E-state index is 11.4. The Kier molecular flexibility index (Phi) is 3.76. The first kappa shape index (κ1) is 12.1. The van der Waals surface area contributed by atoms with Gasteiger partial charge in [-0.25, -0.2) is 0 Å². The Morgan fingerprint density at radius 2 is 2.06 bits per heavy atom. The first-order valence-corrected chi connectivity index (χ1v) is 5.98. The molecule has 17 heavy (non-hydrogen) atoms. The Hall–Kier alpha value is -1.39. The van der Waals surface area contributed by atoms with Crippen molar-refractivity contribution in [3.8, 4) is 0 Å². The van der Waals surface area contributed by atoms with Crippen LogP contribution in [0, 0.1) is 0 Å². The minimum absolute atomic E-state index is 0.0684. The standard InChI is InChI=1S/C13H19N3O/c1-10(17)12-6-11(7-13(14)8-12)9-16-4-2-15-3-5-16/h6-8,15H,2-5,9,14H2,1H3. The molecule has 0 aliphatic carbocycles. The van der Waals surface area contributed by atoms with Gasteiger partial charge in [0.1, 0.15) is 0 Å². The van der Waals surface area contributed by atoms with Crippen molar-refractivity contribution in [3.05, 3.63) is 29.3 Å². The van der Waals surface area contributed by atoms with Crippen LogP contribution in [-0.2, 0) is 6.54 Å². The summed E-state index contributed by atoms with van der Waals surface area (Å²) in [4.78, 5) is 13.7. The Morgan fingerprint density at radius 1 is 1.35 bits per heavy atom. The van der Waals surface area contributed by atoms with Crippen molar-refractivity contribution in [3.63, 3.8) is 0 Å². The smallest absolute Gasteiger partial charge is 0.159 e. The highest BCUT2D eigenvalue weighted by atomic mass is 16.1. The van der Waals surface area contributed by atoms with Crippen molar-refractivity contribution in [2.24, 2.45) is 0 Å². The first-order chi connectivity index (χ1) is 8.15. The lowest BCUT2D eigenvalue weighted by Gasteiger charge is -2.27. The summed E-state index contributed by atoms with van der Waals surface area (Å²) in [6, 6.07) is 5.64. The number of ketones is 1. The molecular formula is C13H19N3O. The van der Waals surface area contributed by atoms with E-state index in [1.54, 1.807) is 13.0 Å². The molecule has 0 radical (unpaired) electrons. The number of benzene rings is 1. The van der Waals surface area contributed by atoms with Crippen LogP contribution in [0.2, 0.25) is 0 Å². The monoisotopic (exact) mass is 233 g/mol. The Balaban J connectivity index is 2.11. The Morgan fingerprint density at radius 3 is 2.71 bits per heavy atom. The van der Waals surface area contributed by atoms with E-state index in [0.717, 1.165) is 38.3 Å². The fourth-order valence-corrected chi connectivity index (χ4v) is 2.14. The van der Waals surface area contributed by atoms with Gasteiger partial charge in [0.2, 0.25) is 0 Å². The second-order valence-electron chi connectivity index (χ2n) is 4.55. The molecule has 1 aliphatic rings. The van der Waals surface area contributed by atoms with Gasteiger partial charge in [-0.3, -0.25) is 9.69 Å². The molecule has 0 aromatic heterocycles. The summed E-state index contributed by atoms with van der Waals surface area (Å²) in [5.74, 6) is 0.0684. The van der Waals surface area contributed by atoms with Gasteiger partial charge in [-0.15, -0.1) is 0 Å². The topological polar surface area (TPSA) is 58.4 Å². The third-order valence-electron chi connectivity index (χ3n) is 3.04. The minimum Gasteiger partial charge on any atom is -0.399 e. The highest BCUT2D eigenvalue weighted by Gasteiger charge is 2.11. The fourth-order valence-electron chi connectivity index (χ4n) is 2.14. The molecule has 1 fully saturated rings.